The van der Waals surface area contributed by atoms with Gasteiger partial charge in [-0.2, -0.15) is 0 Å². The second-order valence-corrected chi connectivity index (χ2v) is 11.2. The van der Waals surface area contributed by atoms with Crippen LogP contribution < -0.4 is 11.2 Å². The van der Waals surface area contributed by atoms with Gasteiger partial charge in [-0.3, -0.25) is 9.59 Å². The van der Waals surface area contributed by atoms with Crippen molar-refractivity contribution in [2.45, 2.75) is 10.6 Å². The van der Waals surface area contributed by atoms with Crippen LogP contribution in [0.5, 0.6) is 0 Å². The Balaban J connectivity index is 1.57. The molecule has 0 saturated heterocycles. The topological polar surface area (TPSA) is 119 Å². The number of carbonyl (C=O) groups is 1. The molecule has 0 amide bonds. The van der Waals surface area contributed by atoms with Crippen LogP contribution in [-0.4, -0.2) is 34.5 Å². The molecule has 0 bridgehead atoms. The van der Waals surface area contributed by atoms with Crippen molar-refractivity contribution < 1.29 is 13.2 Å². The van der Waals surface area contributed by atoms with E-state index < -0.39 is 32.6 Å². The van der Waals surface area contributed by atoms with Crippen molar-refractivity contribution in [2.24, 2.45) is 0 Å². The van der Waals surface area contributed by atoms with Gasteiger partial charge in [0, 0.05) is 17.6 Å². The van der Waals surface area contributed by atoms with Crippen LogP contribution in [0.3, 0.4) is 0 Å². The number of pyridine rings is 1. The van der Waals surface area contributed by atoms with Gasteiger partial charge in [0.2, 0.25) is 0 Å². The summed E-state index contributed by atoms with van der Waals surface area (Å²) in [5, 5.41) is 0.562. The fourth-order valence-corrected chi connectivity index (χ4v) is 6.06. The molecule has 1 N–H and O–H groups in total. The van der Waals surface area contributed by atoms with Gasteiger partial charge in [0.1, 0.15) is 15.8 Å². The molecule has 4 aromatic rings. The summed E-state index contributed by atoms with van der Waals surface area (Å²) in [5.41, 5.74) is -0.493. The lowest BCUT2D eigenvalue weighted by molar-refractivity contribution is -0.116. The van der Waals surface area contributed by atoms with Gasteiger partial charge in [0.15, 0.2) is 15.6 Å². The molecule has 3 aromatic heterocycles. The average molecular weight is 510 g/mol. The molecular weight excluding hydrogens is 497 g/mol. The minimum Gasteiger partial charge on any atom is -0.306 e. The number of carbonyl (C=O) groups excluding carboxylic acids is 1. The van der Waals surface area contributed by atoms with Gasteiger partial charge in [0.05, 0.1) is 15.2 Å². The average Bonchev–Trinajstić information content (AvgIpc) is 3.17. The number of rotatable bonds is 6. The van der Waals surface area contributed by atoms with Crippen molar-refractivity contribution in [3.05, 3.63) is 84.4 Å². The first-order valence-corrected chi connectivity index (χ1v) is 12.3. The molecule has 0 unspecified atom stereocenters. The fourth-order valence-electron chi connectivity index (χ4n) is 3.07. The van der Waals surface area contributed by atoms with E-state index in [9.17, 15) is 22.8 Å². The van der Waals surface area contributed by atoms with Crippen molar-refractivity contribution in [3.8, 4) is 5.82 Å². The van der Waals surface area contributed by atoms with Crippen LogP contribution in [0.1, 0.15) is 5.56 Å². The number of aromatic nitrogens is 3. The van der Waals surface area contributed by atoms with Crippen LogP contribution in [0.15, 0.2) is 62.5 Å². The maximum Gasteiger partial charge on any atom is 0.334 e. The number of H-pyrrole nitrogens is 1. The number of nitrogens with one attached hydrogen (secondary N) is 1. The van der Waals surface area contributed by atoms with Crippen LogP contribution in [0.25, 0.3) is 16.7 Å². The number of ketones is 1. The normalized spacial score (nSPS) is 11.7. The number of Topliss-reactive ketones (excluding diaryl/α,β-unsaturated/α-hetero) is 1. The van der Waals surface area contributed by atoms with Crippen LogP contribution in [0.2, 0.25) is 9.36 Å². The third-order valence-electron chi connectivity index (χ3n) is 4.51. The molecule has 0 atom stereocenters. The zero-order chi connectivity index (χ0) is 23.0. The van der Waals surface area contributed by atoms with E-state index in [-0.39, 0.29) is 21.8 Å². The van der Waals surface area contributed by atoms with Crippen molar-refractivity contribution >= 4 is 61.1 Å². The molecule has 0 saturated carbocycles. The van der Waals surface area contributed by atoms with E-state index in [0.717, 1.165) is 15.9 Å². The lowest BCUT2D eigenvalue weighted by atomic mass is 10.1. The van der Waals surface area contributed by atoms with Crippen molar-refractivity contribution in [1.82, 2.24) is 14.5 Å². The maximum atomic E-state index is 12.8. The molecule has 1 aromatic carbocycles. The molecule has 8 nitrogen and oxygen atoms in total. The quantitative estimate of drug-likeness (QED) is 0.426. The Morgan fingerprint density at radius 3 is 2.53 bits per heavy atom. The van der Waals surface area contributed by atoms with Gasteiger partial charge in [-0.15, -0.1) is 11.3 Å². The van der Waals surface area contributed by atoms with E-state index >= 15 is 0 Å². The second-order valence-electron chi connectivity index (χ2n) is 6.82. The number of nitrogens with zero attached hydrogens (tertiary/aromatic N) is 2. The van der Waals surface area contributed by atoms with E-state index in [4.69, 9.17) is 23.2 Å². The summed E-state index contributed by atoms with van der Waals surface area (Å²) in [4.78, 5) is 44.2. The smallest absolute Gasteiger partial charge is 0.306 e. The molecular formula is C20H13Cl2N3O5S2. The number of halogens is 2. The number of thiophene rings is 1. The van der Waals surface area contributed by atoms with Gasteiger partial charge in [-0.25, -0.2) is 22.8 Å². The zero-order valence-electron chi connectivity index (χ0n) is 16.0. The predicted molar refractivity (Wildman–Crippen MR) is 123 cm³/mol. The van der Waals surface area contributed by atoms with Crippen molar-refractivity contribution in [3.63, 3.8) is 0 Å². The van der Waals surface area contributed by atoms with Crippen LogP contribution in [-0.2, 0) is 21.1 Å². The third-order valence-corrected chi connectivity index (χ3v) is 8.23. The summed E-state index contributed by atoms with van der Waals surface area (Å²) in [5.74, 6) is -1.15. The highest BCUT2D eigenvalue weighted by Gasteiger charge is 2.21. The Bertz CT molecular complexity index is 1570. The fraction of sp³-hybridized carbons (Fsp3) is 0.100. The Morgan fingerprint density at radius 1 is 1.09 bits per heavy atom. The van der Waals surface area contributed by atoms with E-state index in [1.165, 1.54) is 42.6 Å². The van der Waals surface area contributed by atoms with E-state index in [0.29, 0.717) is 20.4 Å². The first-order chi connectivity index (χ1) is 15.1. The molecule has 0 aliphatic heterocycles. The maximum absolute atomic E-state index is 12.8. The zero-order valence-corrected chi connectivity index (χ0v) is 19.2. The summed E-state index contributed by atoms with van der Waals surface area (Å²) in [6, 6.07) is 10.3. The molecule has 0 aliphatic carbocycles. The van der Waals surface area contributed by atoms with Crippen LogP contribution >= 0.6 is 34.5 Å². The molecule has 164 valence electrons. The monoisotopic (exact) mass is 509 g/mol. The molecule has 0 fully saturated rings. The summed E-state index contributed by atoms with van der Waals surface area (Å²) in [6.45, 7) is 0. The number of fused-ring (bicyclic) bond motifs is 1. The number of aromatic amines is 1. The van der Waals surface area contributed by atoms with Gasteiger partial charge in [-0.05, 0) is 42.0 Å². The highest BCUT2D eigenvalue weighted by Crippen LogP contribution is 2.26. The number of benzene rings is 1. The largest absolute Gasteiger partial charge is 0.334 e. The summed E-state index contributed by atoms with van der Waals surface area (Å²) in [7, 11) is -3.78. The lowest BCUT2D eigenvalue weighted by Crippen LogP contribution is -2.34. The summed E-state index contributed by atoms with van der Waals surface area (Å²) >= 11 is 12.6. The molecule has 0 spiro atoms. The van der Waals surface area contributed by atoms with Crippen LogP contribution in [0, 0.1) is 0 Å². The van der Waals surface area contributed by atoms with Gasteiger partial charge in [0.25, 0.3) is 5.56 Å². The Kier molecular flexibility index (Phi) is 6.04. The van der Waals surface area contributed by atoms with E-state index in [2.05, 4.69) is 9.97 Å². The highest BCUT2D eigenvalue weighted by atomic mass is 35.5. The predicted octanol–water partition coefficient (Wildman–Crippen LogP) is 3.03. The van der Waals surface area contributed by atoms with Crippen LogP contribution in [0.4, 0.5) is 0 Å². The van der Waals surface area contributed by atoms with Gasteiger partial charge in [-0.1, -0.05) is 29.3 Å². The van der Waals surface area contributed by atoms with Gasteiger partial charge >= 0.3 is 5.69 Å². The molecule has 32 heavy (non-hydrogen) atoms. The first-order valence-electron chi connectivity index (χ1n) is 9.04. The molecule has 4 rings (SSSR count). The Hall–Kier alpha value is -2.79. The molecule has 0 radical (unpaired) electrons. The third kappa shape index (κ3) is 4.53. The first kappa shape index (κ1) is 22.4. The molecule has 3 heterocycles. The molecule has 0 aliphatic rings. The molecule has 12 heteroatoms. The Morgan fingerprint density at radius 2 is 1.88 bits per heavy atom. The van der Waals surface area contributed by atoms with E-state index in [1.807, 2.05) is 0 Å². The number of sulfone groups is 1. The van der Waals surface area contributed by atoms with E-state index in [1.54, 1.807) is 6.07 Å². The second kappa shape index (κ2) is 8.62. The summed E-state index contributed by atoms with van der Waals surface area (Å²) < 4.78 is 25.8. The minimum absolute atomic E-state index is 0.0272. The minimum atomic E-state index is -3.78. The highest BCUT2D eigenvalue weighted by molar-refractivity contribution is 7.94. The van der Waals surface area contributed by atoms with Crippen molar-refractivity contribution in [2.75, 3.05) is 5.75 Å². The lowest BCUT2D eigenvalue weighted by Gasteiger charge is -2.07. The number of hydrogen-bond donors (Lipinski definition) is 1. The summed E-state index contributed by atoms with van der Waals surface area (Å²) in [6.07, 6.45) is 1.14. The Labute approximate surface area is 195 Å². The standard InChI is InChI=1S/C20H13Cl2N3O5S2/c21-12-2-3-15-14(8-12)19(27)25(20(28)24-15)17-5-1-11(9-23-17)7-13(26)10-32(29,30)18-6-4-16(22)31-18/h1-6,8-9H,7,10H2,(H,24,28). The van der Waals surface area contributed by atoms with Gasteiger partial charge < -0.3 is 4.98 Å². The SMILES string of the molecule is O=C(Cc1ccc(-n2c(=O)[nH]c3ccc(Cl)cc3c2=O)nc1)CS(=O)(=O)c1ccc(Cl)s1. The number of hydrogen-bond acceptors (Lipinski definition) is 7. The van der Waals surface area contributed by atoms with Crippen molar-refractivity contribution in [1.29, 1.82) is 0 Å².